The van der Waals surface area contributed by atoms with Gasteiger partial charge < -0.3 is 15.5 Å². The van der Waals surface area contributed by atoms with Crippen LogP contribution in [-0.4, -0.2) is 9.97 Å². The van der Waals surface area contributed by atoms with Crippen molar-refractivity contribution in [2.45, 2.75) is 6.92 Å². The van der Waals surface area contributed by atoms with Crippen LogP contribution >= 0.6 is 0 Å². The van der Waals surface area contributed by atoms with E-state index in [1.54, 1.807) is 24.3 Å². The SMILES string of the molecule is Cc1ccc(C#N)cc1Oc1nc2ccc(N)cc2[nH]1. The zero-order valence-electron chi connectivity index (χ0n) is 10.8. The van der Waals surface area contributed by atoms with E-state index in [0.29, 0.717) is 23.0 Å². The van der Waals surface area contributed by atoms with E-state index in [1.165, 1.54) is 0 Å². The summed E-state index contributed by atoms with van der Waals surface area (Å²) in [6.45, 7) is 1.91. The van der Waals surface area contributed by atoms with Crippen LogP contribution in [0.15, 0.2) is 36.4 Å². The Kier molecular flexibility index (Phi) is 2.77. The van der Waals surface area contributed by atoms with Gasteiger partial charge in [0.1, 0.15) is 5.75 Å². The highest BCUT2D eigenvalue weighted by Crippen LogP contribution is 2.26. The molecule has 0 saturated carbocycles. The van der Waals surface area contributed by atoms with E-state index >= 15 is 0 Å². The average Bonchev–Trinajstić information content (AvgIpc) is 2.82. The van der Waals surface area contributed by atoms with E-state index in [0.717, 1.165) is 16.6 Å². The lowest BCUT2D eigenvalue weighted by molar-refractivity contribution is 0.446. The number of benzene rings is 2. The molecule has 2 aromatic carbocycles. The van der Waals surface area contributed by atoms with Crippen molar-refractivity contribution in [3.63, 3.8) is 0 Å². The van der Waals surface area contributed by atoms with Crippen molar-refractivity contribution >= 4 is 16.7 Å². The summed E-state index contributed by atoms with van der Waals surface area (Å²) in [5.74, 6) is 0.607. The van der Waals surface area contributed by atoms with E-state index < -0.39 is 0 Å². The van der Waals surface area contributed by atoms with E-state index in [1.807, 2.05) is 19.1 Å². The molecule has 3 N–H and O–H groups in total. The third-order valence-electron chi connectivity index (χ3n) is 3.01. The molecular formula is C15H12N4O. The number of nitrogens with one attached hydrogen (secondary N) is 1. The van der Waals surface area contributed by atoms with E-state index in [-0.39, 0.29) is 0 Å². The lowest BCUT2D eigenvalue weighted by Gasteiger charge is -2.05. The summed E-state index contributed by atoms with van der Waals surface area (Å²) in [6.07, 6.45) is 0. The van der Waals surface area contributed by atoms with Crippen molar-refractivity contribution < 1.29 is 4.74 Å². The van der Waals surface area contributed by atoms with Gasteiger partial charge in [-0.3, -0.25) is 0 Å². The molecule has 3 rings (SSSR count). The Morgan fingerprint density at radius 1 is 1.25 bits per heavy atom. The number of nitrogen functional groups attached to an aromatic ring is 1. The number of nitrogens with two attached hydrogens (primary N) is 1. The van der Waals surface area contributed by atoms with Gasteiger partial charge >= 0.3 is 0 Å². The van der Waals surface area contributed by atoms with Gasteiger partial charge in [-0.25, -0.2) is 0 Å². The highest BCUT2D eigenvalue weighted by molar-refractivity contribution is 5.79. The van der Waals surface area contributed by atoms with Crippen LogP contribution in [0.25, 0.3) is 11.0 Å². The summed E-state index contributed by atoms with van der Waals surface area (Å²) in [6, 6.07) is 13.2. The molecule has 0 atom stereocenters. The Bertz CT molecular complexity index is 829. The molecule has 5 nitrogen and oxygen atoms in total. The Labute approximate surface area is 115 Å². The lowest BCUT2D eigenvalue weighted by atomic mass is 10.1. The molecule has 1 heterocycles. The molecule has 0 bridgehead atoms. The number of ether oxygens (including phenoxy) is 1. The van der Waals surface area contributed by atoms with Crippen LogP contribution in [0.5, 0.6) is 11.8 Å². The zero-order valence-corrected chi connectivity index (χ0v) is 10.8. The number of hydrogen-bond donors (Lipinski definition) is 2. The Balaban J connectivity index is 1.99. The van der Waals surface area contributed by atoms with Gasteiger partial charge in [-0.2, -0.15) is 10.2 Å². The van der Waals surface area contributed by atoms with Gasteiger partial charge in [-0.05, 0) is 42.8 Å². The molecule has 0 radical (unpaired) electrons. The highest BCUT2D eigenvalue weighted by atomic mass is 16.5. The molecule has 0 aliphatic heterocycles. The van der Waals surface area contributed by atoms with Gasteiger partial charge in [0.05, 0.1) is 22.7 Å². The van der Waals surface area contributed by atoms with Crippen LogP contribution < -0.4 is 10.5 Å². The first-order valence-electron chi connectivity index (χ1n) is 6.09. The summed E-state index contributed by atoms with van der Waals surface area (Å²) in [7, 11) is 0. The number of nitrogens with zero attached hydrogens (tertiary/aromatic N) is 2. The number of nitriles is 1. The van der Waals surface area contributed by atoms with Crippen LogP contribution in [0.3, 0.4) is 0 Å². The number of aryl methyl sites for hydroxylation is 1. The number of H-pyrrole nitrogens is 1. The summed E-state index contributed by atoms with van der Waals surface area (Å²) >= 11 is 0. The first-order valence-corrected chi connectivity index (χ1v) is 6.09. The fourth-order valence-corrected chi connectivity index (χ4v) is 1.94. The van der Waals surface area contributed by atoms with Crippen LogP contribution in [0.2, 0.25) is 0 Å². The van der Waals surface area contributed by atoms with Crippen LogP contribution in [0.1, 0.15) is 11.1 Å². The molecule has 0 saturated heterocycles. The maximum absolute atomic E-state index is 8.92. The quantitative estimate of drug-likeness (QED) is 0.696. The molecule has 0 amide bonds. The van der Waals surface area contributed by atoms with Gasteiger partial charge in [0.2, 0.25) is 0 Å². The average molecular weight is 264 g/mol. The second-order valence-electron chi connectivity index (χ2n) is 4.51. The number of anilines is 1. The first-order chi connectivity index (χ1) is 9.65. The third-order valence-corrected chi connectivity index (χ3v) is 3.01. The van der Waals surface area contributed by atoms with Gasteiger partial charge in [0, 0.05) is 5.69 Å². The molecular weight excluding hydrogens is 252 g/mol. The highest BCUT2D eigenvalue weighted by Gasteiger charge is 2.08. The van der Waals surface area contributed by atoms with Gasteiger partial charge in [0.25, 0.3) is 6.01 Å². The number of aromatic nitrogens is 2. The molecule has 98 valence electrons. The molecule has 0 aliphatic carbocycles. The second-order valence-corrected chi connectivity index (χ2v) is 4.51. The maximum Gasteiger partial charge on any atom is 0.300 e. The Morgan fingerprint density at radius 2 is 2.10 bits per heavy atom. The monoisotopic (exact) mass is 264 g/mol. The molecule has 1 aromatic heterocycles. The minimum absolute atomic E-state index is 0.379. The van der Waals surface area contributed by atoms with Gasteiger partial charge in [-0.15, -0.1) is 0 Å². The predicted octanol–water partition coefficient (Wildman–Crippen LogP) is 3.12. The van der Waals surface area contributed by atoms with E-state index in [9.17, 15) is 0 Å². The maximum atomic E-state index is 8.92. The second kappa shape index (κ2) is 4.59. The minimum atomic E-state index is 0.379. The van der Waals surface area contributed by atoms with Crippen molar-refractivity contribution in [3.05, 3.63) is 47.5 Å². The summed E-state index contributed by atoms with van der Waals surface area (Å²) < 4.78 is 5.72. The zero-order chi connectivity index (χ0) is 14.1. The standard InChI is InChI=1S/C15H12N4O/c1-9-2-3-10(8-16)6-14(9)20-15-18-12-5-4-11(17)7-13(12)19-15/h2-7H,17H2,1H3,(H,18,19). The molecule has 0 aliphatic rings. The topological polar surface area (TPSA) is 87.7 Å². The third kappa shape index (κ3) is 2.15. The van der Waals surface area contributed by atoms with E-state index in [2.05, 4.69) is 16.0 Å². The normalized spacial score (nSPS) is 10.4. The van der Waals surface area contributed by atoms with Gasteiger partial charge in [-0.1, -0.05) is 6.07 Å². The van der Waals surface area contributed by atoms with Crippen molar-refractivity contribution in [2.75, 3.05) is 5.73 Å². The number of imidazole rings is 1. The molecule has 3 aromatic rings. The molecule has 0 spiro atoms. The summed E-state index contributed by atoms with van der Waals surface area (Å²) in [4.78, 5) is 7.38. The van der Waals surface area contributed by atoms with Crippen LogP contribution in [0, 0.1) is 18.3 Å². The fraction of sp³-hybridized carbons (Fsp3) is 0.0667. The smallest absolute Gasteiger partial charge is 0.300 e. The molecule has 20 heavy (non-hydrogen) atoms. The minimum Gasteiger partial charge on any atom is -0.425 e. The van der Waals surface area contributed by atoms with Gasteiger partial charge in [0.15, 0.2) is 0 Å². The number of rotatable bonds is 2. The number of fused-ring (bicyclic) bond motifs is 1. The molecule has 0 unspecified atom stereocenters. The number of hydrogen-bond acceptors (Lipinski definition) is 4. The van der Waals surface area contributed by atoms with Crippen molar-refractivity contribution in [1.82, 2.24) is 9.97 Å². The largest absolute Gasteiger partial charge is 0.425 e. The van der Waals surface area contributed by atoms with E-state index in [4.69, 9.17) is 15.7 Å². The summed E-state index contributed by atoms with van der Waals surface area (Å²) in [5, 5.41) is 8.92. The summed E-state index contributed by atoms with van der Waals surface area (Å²) in [5.41, 5.74) is 9.46. The fourth-order valence-electron chi connectivity index (χ4n) is 1.94. The Hall–Kier alpha value is -3.00. The Morgan fingerprint density at radius 3 is 2.90 bits per heavy atom. The van der Waals surface area contributed by atoms with Crippen LogP contribution in [0.4, 0.5) is 5.69 Å². The van der Waals surface area contributed by atoms with Crippen molar-refractivity contribution in [3.8, 4) is 17.8 Å². The van der Waals surface area contributed by atoms with Crippen LogP contribution in [-0.2, 0) is 0 Å². The predicted molar refractivity (Wildman–Crippen MR) is 76.5 cm³/mol. The molecule has 0 fully saturated rings. The van der Waals surface area contributed by atoms with Crippen molar-refractivity contribution in [1.29, 1.82) is 5.26 Å². The van der Waals surface area contributed by atoms with Crippen molar-refractivity contribution in [2.24, 2.45) is 0 Å². The first kappa shape index (κ1) is 12.1. The molecule has 5 heteroatoms. The number of aromatic amines is 1. The lowest BCUT2D eigenvalue weighted by Crippen LogP contribution is -1.90.